The normalized spacial score (nSPS) is 9.70. The van der Waals surface area contributed by atoms with Gasteiger partial charge in [0.25, 0.3) is 0 Å². The Balaban J connectivity index is 3.35. The second-order valence-corrected chi connectivity index (χ2v) is 4.13. The van der Waals surface area contributed by atoms with Crippen molar-refractivity contribution >= 4 is 26.9 Å². The van der Waals surface area contributed by atoms with Crippen molar-refractivity contribution in [3.63, 3.8) is 0 Å². The Labute approximate surface area is 71.0 Å². The average molecular weight is 254 g/mol. The molecule has 0 aromatic carbocycles. The molecule has 2 nitrogen and oxygen atoms in total. The van der Waals surface area contributed by atoms with Crippen molar-refractivity contribution in [3.8, 4) is 0 Å². The van der Waals surface area contributed by atoms with Gasteiger partial charge in [-0.2, -0.15) is 0 Å². The molecular weight excluding hydrogens is 244 g/mol. The van der Waals surface area contributed by atoms with Crippen LogP contribution in [-0.4, -0.2) is 34.0 Å². The van der Waals surface area contributed by atoms with Gasteiger partial charge < -0.3 is 0 Å². The molecule has 0 saturated carbocycles. The summed E-state index contributed by atoms with van der Waals surface area (Å²) in [5.74, 6) is -0.269. The van der Waals surface area contributed by atoms with Gasteiger partial charge in [0.2, 0.25) is 0 Å². The number of carbonyl (C=O) groups is 1. The van der Waals surface area contributed by atoms with E-state index in [1.165, 1.54) is 13.2 Å². The van der Waals surface area contributed by atoms with Crippen LogP contribution in [0.3, 0.4) is 0 Å². The summed E-state index contributed by atoms with van der Waals surface area (Å²) in [6.07, 6.45) is 3.34. The zero-order valence-electron chi connectivity index (χ0n) is 5.87. The van der Waals surface area contributed by atoms with Crippen molar-refractivity contribution in [1.82, 2.24) is 0 Å². The summed E-state index contributed by atoms with van der Waals surface area (Å²) in [5.41, 5.74) is 0. The van der Waals surface area contributed by atoms with Crippen LogP contribution in [-0.2, 0) is 9.53 Å². The van der Waals surface area contributed by atoms with Crippen LogP contribution < -0.4 is 0 Å². The molecule has 0 bridgehead atoms. The Kier molecular flexibility index (Phi) is 6.68. The minimum absolute atomic E-state index is 0.171. The first-order valence-corrected chi connectivity index (χ1v) is 5.77. The summed E-state index contributed by atoms with van der Waals surface area (Å²) in [7, 11) is 1.38. The Morgan fingerprint density at radius 3 is 3.00 bits per heavy atom. The van der Waals surface area contributed by atoms with Gasteiger partial charge in [0.15, 0.2) is 0 Å². The van der Waals surface area contributed by atoms with Gasteiger partial charge in [-0.1, -0.05) is 0 Å². The molecule has 0 aromatic heterocycles. The fraction of sp³-hybridized carbons (Fsp3) is 0.286. The summed E-state index contributed by atoms with van der Waals surface area (Å²) in [6.45, 7) is 3.58. The molecule has 3 heteroatoms. The standard InChI is InChI=1S/C7H10O2Te/c1-3-5-10-6-4-7(8)9-2/h3-4,6H,1,5H2,2H3/b6-4-. The fourth-order valence-electron chi connectivity index (χ4n) is 0.295. The third-order valence-electron chi connectivity index (χ3n) is 0.716. The summed E-state index contributed by atoms with van der Waals surface area (Å²) < 4.78 is 7.33. The van der Waals surface area contributed by atoms with Crippen LogP contribution >= 0.6 is 0 Å². The van der Waals surface area contributed by atoms with E-state index in [-0.39, 0.29) is 26.9 Å². The van der Waals surface area contributed by atoms with Gasteiger partial charge >= 0.3 is 70.9 Å². The molecule has 56 valence electrons. The SMILES string of the molecule is C=CC[Te]/C=C\C(=O)OC. The molecule has 0 saturated heterocycles. The quantitative estimate of drug-likeness (QED) is 0.246. The van der Waals surface area contributed by atoms with Crippen LogP contribution in [0.4, 0.5) is 0 Å². The predicted octanol–water partition coefficient (Wildman–Crippen LogP) is 0.982. The van der Waals surface area contributed by atoms with Gasteiger partial charge in [0, 0.05) is 0 Å². The number of rotatable bonds is 4. The molecule has 0 amide bonds. The molecule has 0 radical (unpaired) electrons. The van der Waals surface area contributed by atoms with Crippen molar-refractivity contribution in [2.75, 3.05) is 7.11 Å². The predicted molar refractivity (Wildman–Crippen MR) is 41.9 cm³/mol. The summed E-state index contributed by atoms with van der Waals surface area (Å²) in [5, 5.41) is 0. The van der Waals surface area contributed by atoms with Gasteiger partial charge in [0.1, 0.15) is 0 Å². The first kappa shape index (κ1) is 9.74. The Hall–Kier alpha value is -0.260. The zero-order chi connectivity index (χ0) is 7.82. The van der Waals surface area contributed by atoms with E-state index in [1.54, 1.807) is 0 Å². The third kappa shape index (κ3) is 5.87. The molecule has 0 aliphatic rings. The van der Waals surface area contributed by atoms with Crippen LogP contribution in [0.15, 0.2) is 22.9 Å². The molecule has 0 fully saturated rings. The third-order valence-corrected chi connectivity index (χ3v) is 2.88. The second kappa shape index (κ2) is 6.85. The second-order valence-electron chi connectivity index (χ2n) is 1.45. The molecule has 0 unspecified atom stereocenters. The van der Waals surface area contributed by atoms with Crippen molar-refractivity contribution in [2.45, 2.75) is 4.47 Å². The fourth-order valence-corrected chi connectivity index (χ4v) is 1.59. The monoisotopic (exact) mass is 256 g/mol. The van der Waals surface area contributed by atoms with Crippen molar-refractivity contribution in [1.29, 1.82) is 0 Å². The Bertz CT molecular complexity index is 141. The number of allylic oxidation sites excluding steroid dienone is 1. The number of carbonyl (C=O) groups excluding carboxylic acids is 1. The maximum atomic E-state index is 10.5. The van der Waals surface area contributed by atoms with E-state index in [1.807, 2.05) is 10.2 Å². The molecule has 0 rings (SSSR count). The first-order valence-electron chi connectivity index (χ1n) is 2.78. The minimum atomic E-state index is -0.269. The number of ether oxygens (including phenoxy) is 1. The van der Waals surface area contributed by atoms with E-state index in [2.05, 4.69) is 11.3 Å². The summed E-state index contributed by atoms with van der Waals surface area (Å²) in [6, 6.07) is 0. The molecule has 0 heterocycles. The van der Waals surface area contributed by atoms with Gasteiger partial charge in [-0.15, -0.1) is 0 Å². The summed E-state index contributed by atoms with van der Waals surface area (Å²) in [4.78, 5) is 10.5. The molecule has 10 heavy (non-hydrogen) atoms. The Morgan fingerprint density at radius 2 is 2.50 bits per heavy atom. The van der Waals surface area contributed by atoms with E-state index in [4.69, 9.17) is 0 Å². The van der Waals surface area contributed by atoms with Gasteiger partial charge in [-0.3, -0.25) is 0 Å². The first-order chi connectivity index (χ1) is 4.81. The van der Waals surface area contributed by atoms with E-state index in [0.717, 1.165) is 4.47 Å². The van der Waals surface area contributed by atoms with E-state index in [9.17, 15) is 4.79 Å². The van der Waals surface area contributed by atoms with Crippen LogP contribution in [0, 0.1) is 0 Å². The van der Waals surface area contributed by atoms with Crippen molar-refractivity contribution < 1.29 is 9.53 Å². The van der Waals surface area contributed by atoms with E-state index >= 15 is 0 Å². The van der Waals surface area contributed by atoms with Crippen LogP contribution in [0.25, 0.3) is 0 Å². The van der Waals surface area contributed by atoms with E-state index < -0.39 is 0 Å². The number of hydrogen-bond donors (Lipinski definition) is 0. The summed E-state index contributed by atoms with van der Waals surface area (Å²) >= 11 is -0.171. The number of esters is 1. The van der Waals surface area contributed by atoms with Crippen LogP contribution in [0.2, 0.25) is 4.47 Å². The molecule has 0 atom stereocenters. The van der Waals surface area contributed by atoms with E-state index in [0.29, 0.717) is 0 Å². The molecule has 0 spiro atoms. The average Bonchev–Trinajstić information content (AvgIpc) is 1.98. The Morgan fingerprint density at radius 1 is 1.80 bits per heavy atom. The topological polar surface area (TPSA) is 26.3 Å². The van der Waals surface area contributed by atoms with Crippen LogP contribution in [0.1, 0.15) is 0 Å². The molecule has 0 aliphatic heterocycles. The van der Waals surface area contributed by atoms with Crippen molar-refractivity contribution in [3.05, 3.63) is 22.9 Å². The molecule has 0 aliphatic carbocycles. The van der Waals surface area contributed by atoms with Gasteiger partial charge in [-0.25, -0.2) is 0 Å². The molecular formula is C7H10O2Te. The van der Waals surface area contributed by atoms with Gasteiger partial charge in [-0.05, 0) is 0 Å². The molecule has 0 N–H and O–H groups in total. The van der Waals surface area contributed by atoms with Gasteiger partial charge in [0.05, 0.1) is 0 Å². The number of methoxy groups -OCH3 is 1. The number of hydrogen-bond acceptors (Lipinski definition) is 2. The maximum absolute atomic E-state index is 10.5. The van der Waals surface area contributed by atoms with Crippen molar-refractivity contribution in [2.24, 2.45) is 0 Å². The van der Waals surface area contributed by atoms with Crippen LogP contribution in [0.5, 0.6) is 0 Å². The molecule has 0 aromatic rings. The zero-order valence-corrected chi connectivity index (χ0v) is 8.20.